The average Bonchev–Trinajstić information content (AvgIpc) is 3.16. The number of methoxy groups -OCH3 is 1. The van der Waals surface area contributed by atoms with Crippen LogP contribution < -0.4 is 9.64 Å². The van der Waals surface area contributed by atoms with Crippen LogP contribution in [0.3, 0.4) is 0 Å². The fourth-order valence-electron chi connectivity index (χ4n) is 3.53. The number of anilines is 1. The first-order chi connectivity index (χ1) is 14.7. The van der Waals surface area contributed by atoms with Crippen molar-refractivity contribution >= 4 is 28.7 Å². The Morgan fingerprint density at radius 3 is 2.57 bits per heavy atom. The summed E-state index contributed by atoms with van der Waals surface area (Å²) >= 11 is 1.57. The molecule has 1 fully saturated rings. The Hall–Kier alpha value is -2.39. The summed E-state index contributed by atoms with van der Waals surface area (Å²) in [6, 6.07) is 7.97. The molecule has 0 radical (unpaired) electrons. The first kappa shape index (κ1) is 20.9. The molecule has 3 heterocycles. The van der Waals surface area contributed by atoms with Gasteiger partial charge in [-0.05, 0) is 17.7 Å². The van der Waals surface area contributed by atoms with Gasteiger partial charge in [-0.25, -0.2) is 19.3 Å². The van der Waals surface area contributed by atoms with Crippen molar-refractivity contribution in [2.75, 3.05) is 45.0 Å². The van der Waals surface area contributed by atoms with Crippen molar-refractivity contribution < 1.29 is 13.9 Å². The molecule has 30 heavy (non-hydrogen) atoms. The Labute approximate surface area is 179 Å². The maximum Gasteiger partial charge on any atom is 0.191 e. The lowest BCUT2D eigenvalue weighted by Crippen LogP contribution is -2.37. The number of morpholine rings is 1. The number of thioether (sulfide) groups is 1. The third kappa shape index (κ3) is 4.37. The van der Waals surface area contributed by atoms with Gasteiger partial charge in [0, 0.05) is 25.3 Å². The number of halogens is 1. The summed E-state index contributed by atoms with van der Waals surface area (Å²) < 4.78 is 25.9. The number of aryl methyl sites for hydroxylation is 2. The normalized spacial score (nSPS) is 14.4. The number of ether oxygens (including phenoxy) is 2. The number of imidazole rings is 1. The van der Waals surface area contributed by atoms with E-state index in [-0.39, 0.29) is 6.54 Å². The third-order valence-electron chi connectivity index (χ3n) is 5.10. The van der Waals surface area contributed by atoms with E-state index in [0.29, 0.717) is 30.4 Å². The van der Waals surface area contributed by atoms with Crippen LogP contribution in [0.25, 0.3) is 11.2 Å². The van der Waals surface area contributed by atoms with Crippen molar-refractivity contribution in [3.63, 3.8) is 0 Å². The molecule has 0 spiro atoms. The molecular weight excluding hydrogens is 405 g/mol. The Morgan fingerprint density at radius 2 is 1.90 bits per heavy atom. The second-order valence-corrected chi connectivity index (χ2v) is 7.90. The maximum atomic E-state index is 13.3. The number of hydrogen-bond donors (Lipinski definition) is 0. The lowest BCUT2D eigenvalue weighted by molar-refractivity contribution is 0.122. The highest BCUT2D eigenvalue weighted by Crippen LogP contribution is 2.30. The molecule has 0 saturated carbocycles. The van der Waals surface area contributed by atoms with E-state index in [1.807, 2.05) is 35.8 Å². The molecule has 0 N–H and O–H groups in total. The summed E-state index contributed by atoms with van der Waals surface area (Å²) in [5.41, 5.74) is 2.61. The zero-order chi connectivity index (χ0) is 20.9. The Morgan fingerprint density at radius 1 is 1.13 bits per heavy atom. The number of fused-ring (bicyclic) bond motifs is 1. The summed E-state index contributed by atoms with van der Waals surface area (Å²) in [5.74, 6) is 3.21. The quantitative estimate of drug-likeness (QED) is 0.400. The molecule has 160 valence electrons. The summed E-state index contributed by atoms with van der Waals surface area (Å²) in [7, 11) is 1.66. The predicted molar refractivity (Wildman–Crippen MR) is 116 cm³/mol. The van der Waals surface area contributed by atoms with Gasteiger partial charge < -0.3 is 18.9 Å². The van der Waals surface area contributed by atoms with Gasteiger partial charge in [-0.1, -0.05) is 30.8 Å². The van der Waals surface area contributed by atoms with Crippen molar-refractivity contribution in [2.45, 2.75) is 30.8 Å². The largest absolute Gasteiger partial charge is 0.497 e. The molecule has 0 unspecified atom stereocenters. The number of rotatable bonds is 8. The van der Waals surface area contributed by atoms with E-state index in [0.717, 1.165) is 47.3 Å². The molecule has 0 aliphatic carbocycles. The van der Waals surface area contributed by atoms with Gasteiger partial charge in [0.2, 0.25) is 0 Å². The predicted octanol–water partition coefficient (Wildman–Crippen LogP) is 3.50. The molecule has 1 aliphatic heterocycles. The zero-order valence-electron chi connectivity index (χ0n) is 17.3. The van der Waals surface area contributed by atoms with Gasteiger partial charge >= 0.3 is 0 Å². The van der Waals surface area contributed by atoms with E-state index in [1.165, 1.54) is 0 Å². The van der Waals surface area contributed by atoms with E-state index < -0.39 is 6.67 Å². The topological polar surface area (TPSA) is 65.3 Å². The second-order valence-electron chi connectivity index (χ2n) is 6.96. The Balaban J connectivity index is 1.69. The number of benzene rings is 1. The van der Waals surface area contributed by atoms with E-state index in [1.54, 1.807) is 18.9 Å². The highest BCUT2D eigenvalue weighted by molar-refractivity contribution is 7.98. The molecule has 1 saturated heterocycles. The molecule has 1 aliphatic rings. The SMILES string of the molecule is CCc1nc2c(N3CCOCC3)nc(SCc3ccc(OC)cc3)nc2n1CCF. The van der Waals surface area contributed by atoms with Crippen molar-refractivity contribution in [1.29, 1.82) is 0 Å². The molecule has 7 nitrogen and oxygen atoms in total. The number of alkyl halides is 1. The number of nitrogens with zero attached hydrogens (tertiary/aromatic N) is 5. The number of hydrogen-bond acceptors (Lipinski definition) is 7. The summed E-state index contributed by atoms with van der Waals surface area (Å²) in [6.07, 6.45) is 0.716. The van der Waals surface area contributed by atoms with Gasteiger partial charge in [-0.2, -0.15) is 0 Å². The standard InChI is InChI=1S/C21H26FN5O2S/c1-3-17-23-18-19(26-10-12-29-13-11-26)24-21(25-20(18)27(17)9-8-22)30-14-15-4-6-16(28-2)7-5-15/h4-7H,3,8-14H2,1-2H3. The highest BCUT2D eigenvalue weighted by Gasteiger charge is 2.22. The van der Waals surface area contributed by atoms with Crippen LogP contribution in [0.5, 0.6) is 5.75 Å². The average molecular weight is 432 g/mol. The van der Waals surface area contributed by atoms with Crippen LogP contribution in [0.2, 0.25) is 0 Å². The minimum Gasteiger partial charge on any atom is -0.497 e. The van der Waals surface area contributed by atoms with Crippen LogP contribution in [0.4, 0.5) is 10.2 Å². The van der Waals surface area contributed by atoms with Gasteiger partial charge in [-0.3, -0.25) is 0 Å². The van der Waals surface area contributed by atoms with Gasteiger partial charge in [0.05, 0.1) is 26.9 Å². The van der Waals surface area contributed by atoms with Crippen molar-refractivity contribution in [3.05, 3.63) is 35.7 Å². The van der Waals surface area contributed by atoms with Gasteiger partial charge in [0.1, 0.15) is 18.2 Å². The summed E-state index contributed by atoms with van der Waals surface area (Å²) in [5, 5.41) is 0.669. The molecule has 0 amide bonds. The van der Waals surface area contributed by atoms with Gasteiger partial charge in [0.25, 0.3) is 0 Å². The first-order valence-corrected chi connectivity index (χ1v) is 11.1. The zero-order valence-corrected chi connectivity index (χ0v) is 18.1. The smallest absolute Gasteiger partial charge is 0.191 e. The molecule has 0 atom stereocenters. The third-order valence-corrected chi connectivity index (χ3v) is 6.02. The van der Waals surface area contributed by atoms with Crippen molar-refractivity contribution in [3.8, 4) is 5.75 Å². The molecule has 0 bridgehead atoms. The molecule has 1 aromatic carbocycles. The Bertz CT molecular complexity index is 989. The maximum absolute atomic E-state index is 13.3. The van der Waals surface area contributed by atoms with Gasteiger partial charge in [-0.15, -0.1) is 0 Å². The summed E-state index contributed by atoms with van der Waals surface area (Å²) in [6.45, 7) is 4.65. The minimum atomic E-state index is -0.455. The minimum absolute atomic E-state index is 0.252. The van der Waals surface area contributed by atoms with Crippen LogP contribution >= 0.6 is 11.8 Å². The van der Waals surface area contributed by atoms with Crippen LogP contribution in [0, 0.1) is 0 Å². The lowest BCUT2D eigenvalue weighted by atomic mass is 10.2. The highest BCUT2D eigenvalue weighted by atomic mass is 32.2. The Kier molecular flexibility index (Phi) is 6.69. The number of aromatic nitrogens is 4. The van der Waals surface area contributed by atoms with Crippen molar-refractivity contribution in [2.24, 2.45) is 0 Å². The van der Waals surface area contributed by atoms with Crippen LogP contribution in [0.1, 0.15) is 18.3 Å². The van der Waals surface area contributed by atoms with Crippen LogP contribution in [0.15, 0.2) is 29.4 Å². The molecule has 2 aromatic heterocycles. The summed E-state index contributed by atoms with van der Waals surface area (Å²) in [4.78, 5) is 16.6. The van der Waals surface area contributed by atoms with Gasteiger partial charge in [0.15, 0.2) is 22.1 Å². The second kappa shape index (κ2) is 9.61. The molecule has 3 aromatic rings. The lowest BCUT2D eigenvalue weighted by Gasteiger charge is -2.28. The fraction of sp³-hybridized carbons (Fsp3) is 0.476. The van der Waals surface area contributed by atoms with E-state index in [4.69, 9.17) is 24.4 Å². The van der Waals surface area contributed by atoms with E-state index in [2.05, 4.69) is 4.90 Å². The molecule has 4 rings (SSSR count). The van der Waals surface area contributed by atoms with Crippen LogP contribution in [-0.2, 0) is 23.5 Å². The monoisotopic (exact) mass is 431 g/mol. The fourth-order valence-corrected chi connectivity index (χ4v) is 4.32. The molecule has 9 heteroatoms. The van der Waals surface area contributed by atoms with Crippen molar-refractivity contribution in [1.82, 2.24) is 19.5 Å². The van der Waals surface area contributed by atoms with E-state index in [9.17, 15) is 4.39 Å². The van der Waals surface area contributed by atoms with Crippen LogP contribution in [-0.4, -0.2) is 59.6 Å². The first-order valence-electron chi connectivity index (χ1n) is 10.1. The molecular formula is C21H26FN5O2S. The van der Waals surface area contributed by atoms with E-state index >= 15 is 0 Å².